The number of allylic oxidation sites excluding steroid dienone is 4. The summed E-state index contributed by atoms with van der Waals surface area (Å²) in [6.45, 7) is 0. The largest absolute Gasteiger partial charge is 0.0861 e. The van der Waals surface area contributed by atoms with Crippen molar-refractivity contribution < 1.29 is 0 Å². The van der Waals surface area contributed by atoms with Gasteiger partial charge in [0.15, 0.2) is 0 Å². The molecule has 0 heterocycles. The molecule has 0 aromatic carbocycles. The predicted molar refractivity (Wildman–Crippen MR) is 54.1 cm³/mol. The second kappa shape index (κ2) is 2.37. The van der Waals surface area contributed by atoms with Gasteiger partial charge in [-0.05, 0) is 17.2 Å². The number of rotatable bonds is 0. The third-order valence-electron chi connectivity index (χ3n) is 2.45. The third kappa shape index (κ3) is 0.942. The zero-order valence-corrected chi connectivity index (χ0v) is 7.12. The molecule has 0 radical (unpaired) electrons. The summed E-state index contributed by atoms with van der Waals surface area (Å²) >= 11 is 0. The highest BCUT2D eigenvalue weighted by Gasteiger charge is 2.14. The first-order chi connectivity index (χ1) is 6.43. The second-order valence-electron chi connectivity index (χ2n) is 3.33. The fourth-order valence-corrected chi connectivity index (χ4v) is 1.58. The molecule has 0 amide bonds. The van der Waals surface area contributed by atoms with Crippen molar-refractivity contribution in [2.24, 2.45) is 5.92 Å². The summed E-state index contributed by atoms with van der Waals surface area (Å²) in [5, 5.41) is 0. The SMILES string of the molecule is C(#CC1C=CC=C1)c1cc2ccc1-2. The van der Waals surface area contributed by atoms with Crippen molar-refractivity contribution in [3.63, 3.8) is 0 Å². The van der Waals surface area contributed by atoms with Crippen LogP contribution in [0.2, 0.25) is 0 Å². The number of benzene rings is 1. The zero-order valence-electron chi connectivity index (χ0n) is 7.12. The molecule has 0 fully saturated rings. The van der Waals surface area contributed by atoms with E-state index in [9.17, 15) is 0 Å². The van der Waals surface area contributed by atoms with Gasteiger partial charge in [-0.15, -0.1) is 0 Å². The lowest BCUT2D eigenvalue weighted by Crippen LogP contribution is -1.96. The molecule has 0 N–H and O–H groups in total. The topological polar surface area (TPSA) is 0 Å². The van der Waals surface area contributed by atoms with E-state index in [0.29, 0.717) is 5.92 Å². The van der Waals surface area contributed by atoms with E-state index < -0.39 is 0 Å². The Kier molecular flexibility index (Phi) is 1.23. The molecule has 0 spiro atoms. The Balaban J connectivity index is 1.84. The van der Waals surface area contributed by atoms with E-state index in [1.54, 1.807) is 0 Å². The summed E-state index contributed by atoms with van der Waals surface area (Å²) in [6, 6.07) is 6.39. The van der Waals surface area contributed by atoms with Crippen molar-refractivity contribution in [1.82, 2.24) is 0 Å². The Hall–Kier alpha value is -1.74. The zero-order chi connectivity index (χ0) is 8.67. The summed E-state index contributed by atoms with van der Waals surface area (Å²) in [5.74, 6) is 6.73. The average Bonchev–Trinajstić information content (AvgIpc) is 2.60. The smallest absolute Gasteiger partial charge is 0.0573 e. The van der Waals surface area contributed by atoms with E-state index in [2.05, 4.69) is 42.2 Å². The molecule has 0 unspecified atom stereocenters. The number of hydrogen-bond acceptors (Lipinski definition) is 0. The van der Waals surface area contributed by atoms with Gasteiger partial charge in [-0.25, -0.2) is 0 Å². The monoisotopic (exact) mass is 164 g/mol. The van der Waals surface area contributed by atoms with Gasteiger partial charge in [0.1, 0.15) is 0 Å². The van der Waals surface area contributed by atoms with Crippen molar-refractivity contribution in [3.8, 4) is 23.0 Å². The first-order valence-corrected chi connectivity index (χ1v) is 4.44. The fraction of sp³-hybridized carbons (Fsp3) is 0.0769. The molecule has 0 aliphatic heterocycles. The van der Waals surface area contributed by atoms with Gasteiger partial charge in [-0.1, -0.05) is 48.3 Å². The van der Waals surface area contributed by atoms with Gasteiger partial charge >= 0.3 is 0 Å². The van der Waals surface area contributed by atoms with Gasteiger partial charge in [0.05, 0.1) is 5.92 Å². The van der Waals surface area contributed by atoms with Gasteiger partial charge < -0.3 is 0 Å². The normalized spacial score (nSPS) is 15.7. The molecule has 0 nitrogen and oxygen atoms in total. The van der Waals surface area contributed by atoms with Gasteiger partial charge in [-0.3, -0.25) is 0 Å². The van der Waals surface area contributed by atoms with Crippen LogP contribution in [0.5, 0.6) is 0 Å². The van der Waals surface area contributed by atoms with Crippen LogP contribution >= 0.6 is 0 Å². The minimum atomic E-state index is 0.328. The minimum absolute atomic E-state index is 0.328. The lowest BCUT2D eigenvalue weighted by molar-refractivity contribution is 1.15. The van der Waals surface area contributed by atoms with Crippen molar-refractivity contribution in [1.29, 1.82) is 0 Å². The molecule has 3 rings (SSSR count). The second-order valence-corrected chi connectivity index (χ2v) is 3.33. The molecule has 0 bridgehead atoms. The molecular weight excluding hydrogens is 156 g/mol. The summed E-state index contributed by atoms with van der Waals surface area (Å²) in [6.07, 6.45) is 8.31. The number of fused-ring (bicyclic) bond motifs is 1. The van der Waals surface area contributed by atoms with Crippen LogP contribution in [-0.2, 0) is 0 Å². The van der Waals surface area contributed by atoms with E-state index in [0.717, 1.165) is 0 Å². The van der Waals surface area contributed by atoms with E-state index in [1.807, 2.05) is 12.2 Å². The molecule has 3 aliphatic rings. The highest BCUT2D eigenvalue weighted by molar-refractivity contribution is 5.84. The maximum Gasteiger partial charge on any atom is 0.0573 e. The molecule has 0 aromatic heterocycles. The van der Waals surface area contributed by atoms with Crippen molar-refractivity contribution in [3.05, 3.63) is 48.1 Å². The minimum Gasteiger partial charge on any atom is -0.0861 e. The fourth-order valence-electron chi connectivity index (χ4n) is 1.58. The Morgan fingerprint density at radius 2 is 1.92 bits per heavy atom. The Bertz CT molecular complexity index is 466. The highest BCUT2D eigenvalue weighted by Crippen LogP contribution is 2.35. The van der Waals surface area contributed by atoms with Crippen LogP contribution in [0.4, 0.5) is 0 Å². The van der Waals surface area contributed by atoms with Crippen LogP contribution in [0.25, 0.3) is 11.1 Å². The first kappa shape index (κ1) is 6.74. The average molecular weight is 164 g/mol. The van der Waals surface area contributed by atoms with Gasteiger partial charge in [-0.2, -0.15) is 0 Å². The van der Waals surface area contributed by atoms with Crippen LogP contribution in [0.15, 0.2) is 42.5 Å². The van der Waals surface area contributed by atoms with Crippen molar-refractivity contribution in [2.75, 3.05) is 0 Å². The van der Waals surface area contributed by atoms with E-state index >= 15 is 0 Å². The van der Waals surface area contributed by atoms with Crippen LogP contribution in [-0.4, -0.2) is 0 Å². The lowest BCUT2D eigenvalue weighted by Gasteiger charge is -2.16. The van der Waals surface area contributed by atoms with Gasteiger partial charge in [0.25, 0.3) is 0 Å². The molecule has 60 valence electrons. The Morgan fingerprint density at radius 3 is 2.46 bits per heavy atom. The molecule has 0 aromatic rings. The van der Waals surface area contributed by atoms with E-state index in [1.165, 1.54) is 16.7 Å². The predicted octanol–water partition coefficient (Wildman–Crippen LogP) is 2.76. The molecule has 0 saturated carbocycles. The van der Waals surface area contributed by atoms with Crippen LogP contribution < -0.4 is 0 Å². The van der Waals surface area contributed by atoms with Crippen molar-refractivity contribution in [2.45, 2.75) is 0 Å². The molecule has 0 saturated heterocycles. The Labute approximate surface area is 77.6 Å². The summed E-state index contributed by atoms with van der Waals surface area (Å²) in [5.41, 5.74) is 3.91. The standard InChI is InChI=1S/C13H8/c1-2-4-10(3-1)5-6-11-9-12-7-8-13(11)12/h1-4,7-10H. The maximum absolute atomic E-state index is 3.21. The summed E-state index contributed by atoms with van der Waals surface area (Å²) in [7, 11) is 0. The van der Waals surface area contributed by atoms with E-state index in [4.69, 9.17) is 0 Å². The third-order valence-corrected chi connectivity index (χ3v) is 2.45. The van der Waals surface area contributed by atoms with Crippen LogP contribution in [0, 0.1) is 17.8 Å². The molecule has 0 atom stereocenters. The summed E-state index contributed by atoms with van der Waals surface area (Å²) < 4.78 is 0. The molecular formula is C13H8. The first-order valence-electron chi connectivity index (χ1n) is 4.44. The Morgan fingerprint density at radius 1 is 1.08 bits per heavy atom. The highest BCUT2D eigenvalue weighted by atomic mass is 14.2. The quantitative estimate of drug-likeness (QED) is 0.525. The van der Waals surface area contributed by atoms with Gasteiger partial charge in [0, 0.05) is 5.56 Å². The van der Waals surface area contributed by atoms with E-state index in [-0.39, 0.29) is 0 Å². The maximum atomic E-state index is 3.21. The van der Waals surface area contributed by atoms with Crippen LogP contribution in [0.3, 0.4) is 0 Å². The molecule has 0 heteroatoms. The molecule has 13 heavy (non-hydrogen) atoms. The number of hydrogen-bond donors (Lipinski definition) is 0. The molecule has 3 aliphatic carbocycles. The van der Waals surface area contributed by atoms with Crippen LogP contribution in [0.1, 0.15) is 5.56 Å². The van der Waals surface area contributed by atoms with Gasteiger partial charge in [0.2, 0.25) is 0 Å². The van der Waals surface area contributed by atoms with Crippen molar-refractivity contribution >= 4 is 0 Å². The summed E-state index contributed by atoms with van der Waals surface area (Å²) in [4.78, 5) is 0. The lowest BCUT2D eigenvalue weighted by atomic mass is 9.87.